The minimum atomic E-state index is 0.464. The summed E-state index contributed by atoms with van der Waals surface area (Å²) in [6.45, 7) is 0. The highest BCUT2D eigenvalue weighted by atomic mass is 79.9. The lowest BCUT2D eigenvalue weighted by Crippen LogP contribution is -1.87. The van der Waals surface area contributed by atoms with Gasteiger partial charge in [0.2, 0.25) is 0 Å². The molecule has 0 aliphatic rings. The second kappa shape index (κ2) is 6.29. The van der Waals surface area contributed by atoms with Gasteiger partial charge in [0.1, 0.15) is 11.5 Å². The number of ether oxygens (including phenoxy) is 1. The van der Waals surface area contributed by atoms with Crippen LogP contribution in [0.2, 0.25) is 5.02 Å². The highest BCUT2D eigenvalue weighted by molar-refractivity contribution is 9.10. The van der Waals surface area contributed by atoms with E-state index in [0.29, 0.717) is 16.7 Å². The van der Waals surface area contributed by atoms with E-state index in [9.17, 15) is 0 Å². The summed E-state index contributed by atoms with van der Waals surface area (Å²) >= 11 is 18.5. The maximum absolute atomic E-state index is 5.88. The molecule has 0 bridgehead atoms. The molecule has 0 aromatic heterocycles. The number of rotatable bonds is 3. The van der Waals surface area contributed by atoms with Crippen LogP contribution in [0.25, 0.3) is 0 Å². The van der Waals surface area contributed by atoms with Crippen molar-refractivity contribution in [2.24, 2.45) is 0 Å². The molecule has 0 spiro atoms. The first-order valence-electron chi connectivity index (χ1n) is 5.07. The number of benzene rings is 2. The Bertz CT molecular complexity index is 573. The molecule has 0 N–H and O–H groups in total. The fraction of sp³-hybridized carbons (Fsp3) is 0.0769. The molecule has 0 aliphatic heterocycles. The molecule has 2 aromatic carbocycles. The Labute approximate surface area is 132 Å². The lowest BCUT2D eigenvalue weighted by molar-refractivity contribution is 0.479. The lowest BCUT2D eigenvalue weighted by atomic mass is 10.2. The van der Waals surface area contributed by atoms with Gasteiger partial charge in [-0.25, -0.2) is 0 Å². The normalized spacial score (nSPS) is 10.4. The summed E-state index contributed by atoms with van der Waals surface area (Å²) in [5.74, 6) is 1.91. The van der Waals surface area contributed by atoms with Crippen LogP contribution in [0, 0.1) is 0 Å². The molecule has 0 amide bonds. The summed E-state index contributed by atoms with van der Waals surface area (Å²) in [4.78, 5) is 0. The minimum absolute atomic E-state index is 0.464. The molecule has 2 aromatic rings. The Hall–Kier alpha value is -0.220. The number of hydrogen-bond donors (Lipinski definition) is 0. The Morgan fingerprint density at radius 2 is 1.78 bits per heavy atom. The molecular weight excluding hydrogens is 403 g/mol. The first-order valence-corrected chi connectivity index (χ1v) is 7.57. The molecule has 0 atom stereocenters. The maximum atomic E-state index is 5.88. The molecule has 2 rings (SSSR count). The number of hydrogen-bond acceptors (Lipinski definition) is 1. The van der Waals surface area contributed by atoms with Gasteiger partial charge in [-0.3, -0.25) is 0 Å². The van der Waals surface area contributed by atoms with Crippen LogP contribution in [0.1, 0.15) is 5.56 Å². The van der Waals surface area contributed by atoms with Gasteiger partial charge in [-0.15, -0.1) is 11.6 Å². The zero-order valence-corrected chi connectivity index (χ0v) is 13.8. The number of alkyl halides is 1. The van der Waals surface area contributed by atoms with Gasteiger partial charge < -0.3 is 4.74 Å². The van der Waals surface area contributed by atoms with Gasteiger partial charge in [0.05, 0.1) is 4.47 Å². The van der Waals surface area contributed by atoms with Crippen molar-refractivity contribution in [2.75, 3.05) is 0 Å². The zero-order valence-electron chi connectivity index (χ0n) is 9.09. The molecule has 5 heteroatoms. The molecule has 0 radical (unpaired) electrons. The summed E-state index contributed by atoms with van der Waals surface area (Å²) in [7, 11) is 0. The monoisotopic (exact) mass is 408 g/mol. The third-order valence-electron chi connectivity index (χ3n) is 2.29. The molecule has 0 aliphatic carbocycles. The zero-order chi connectivity index (χ0) is 13.1. The maximum Gasteiger partial charge on any atom is 0.141 e. The van der Waals surface area contributed by atoms with Crippen LogP contribution in [0.4, 0.5) is 0 Å². The third kappa shape index (κ3) is 3.41. The largest absolute Gasteiger partial charge is 0.456 e. The van der Waals surface area contributed by atoms with Gasteiger partial charge in [0, 0.05) is 15.4 Å². The van der Waals surface area contributed by atoms with Crippen molar-refractivity contribution < 1.29 is 4.74 Å². The summed E-state index contributed by atoms with van der Waals surface area (Å²) in [6.07, 6.45) is 0. The average Bonchev–Trinajstić information content (AvgIpc) is 2.33. The van der Waals surface area contributed by atoms with E-state index in [2.05, 4.69) is 31.9 Å². The second-order valence-corrected chi connectivity index (χ2v) is 5.98. The van der Waals surface area contributed by atoms with Gasteiger partial charge in [-0.05, 0) is 51.8 Å². The Balaban J connectivity index is 2.26. The van der Waals surface area contributed by atoms with Gasteiger partial charge in [-0.2, -0.15) is 0 Å². The highest BCUT2D eigenvalue weighted by Crippen LogP contribution is 2.33. The van der Waals surface area contributed by atoms with Crippen molar-refractivity contribution in [1.82, 2.24) is 0 Å². The van der Waals surface area contributed by atoms with Crippen molar-refractivity contribution in [3.63, 3.8) is 0 Å². The van der Waals surface area contributed by atoms with Crippen LogP contribution in [0.15, 0.2) is 45.3 Å². The Morgan fingerprint density at radius 1 is 1.00 bits per heavy atom. The van der Waals surface area contributed by atoms with E-state index in [0.717, 1.165) is 20.3 Å². The van der Waals surface area contributed by atoms with Crippen LogP contribution in [-0.4, -0.2) is 0 Å². The molecule has 0 unspecified atom stereocenters. The first-order chi connectivity index (χ1) is 8.60. The molecule has 94 valence electrons. The predicted molar refractivity (Wildman–Crippen MR) is 82.9 cm³/mol. The van der Waals surface area contributed by atoms with Crippen molar-refractivity contribution in [3.05, 3.63) is 55.9 Å². The summed E-state index contributed by atoms with van der Waals surface area (Å²) in [5.41, 5.74) is 1.03. The smallest absolute Gasteiger partial charge is 0.141 e. The van der Waals surface area contributed by atoms with Crippen LogP contribution < -0.4 is 4.74 Å². The fourth-order valence-electron chi connectivity index (χ4n) is 1.38. The molecule has 0 heterocycles. The van der Waals surface area contributed by atoms with Crippen LogP contribution in [0.3, 0.4) is 0 Å². The van der Waals surface area contributed by atoms with Crippen LogP contribution >= 0.6 is 55.1 Å². The van der Waals surface area contributed by atoms with Gasteiger partial charge in [-0.1, -0.05) is 33.6 Å². The van der Waals surface area contributed by atoms with Crippen LogP contribution in [0.5, 0.6) is 11.5 Å². The molecule has 0 saturated carbocycles. The van der Waals surface area contributed by atoms with Gasteiger partial charge >= 0.3 is 0 Å². The molecule has 0 fully saturated rings. The first kappa shape index (κ1) is 14.2. The van der Waals surface area contributed by atoms with Gasteiger partial charge in [0.15, 0.2) is 0 Å². The number of halogens is 4. The minimum Gasteiger partial charge on any atom is -0.456 e. The van der Waals surface area contributed by atoms with E-state index in [1.54, 1.807) is 12.1 Å². The quantitative estimate of drug-likeness (QED) is 0.532. The second-order valence-electron chi connectivity index (χ2n) is 3.56. The van der Waals surface area contributed by atoms with E-state index >= 15 is 0 Å². The average molecular weight is 411 g/mol. The predicted octanol–water partition coefficient (Wildman–Crippen LogP) is 6.40. The van der Waals surface area contributed by atoms with E-state index in [4.69, 9.17) is 27.9 Å². The van der Waals surface area contributed by atoms with E-state index in [1.807, 2.05) is 24.3 Å². The van der Waals surface area contributed by atoms with E-state index in [-0.39, 0.29) is 0 Å². The Morgan fingerprint density at radius 3 is 2.39 bits per heavy atom. The molecule has 0 saturated heterocycles. The SMILES string of the molecule is ClCc1ccc(Oc2ccc(Cl)cc2Br)cc1Br. The van der Waals surface area contributed by atoms with Crippen molar-refractivity contribution in [1.29, 1.82) is 0 Å². The highest BCUT2D eigenvalue weighted by Gasteiger charge is 2.06. The van der Waals surface area contributed by atoms with Crippen molar-refractivity contribution in [2.45, 2.75) is 5.88 Å². The lowest BCUT2D eigenvalue weighted by Gasteiger charge is -2.09. The topological polar surface area (TPSA) is 9.23 Å². The summed E-state index contributed by atoms with van der Waals surface area (Å²) < 4.78 is 7.51. The van der Waals surface area contributed by atoms with E-state index < -0.39 is 0 Å². The van der Waals surface area contributed by atoms with Crippen molar-refractivity contribution >= 4 is 55.1 Å². The van der Waals surface area contributed by atoms with E-state index in [1.165, 1.54) is 0 Å². The fourth-order valence-corrected chi connectivity index (χ4v) is 3.04. The Kier molecular flexibility index (Phi) is 4.96. The van der Waals surface area contributed by atoms with Gasteiger partial charge in [0.25, 0.3) is 0 Å². The van der Waals surface area contributed by atoms with Crippen molar-refractivity contribution in [3.8, 4) is 11.5 Å². The summed E-state index contributed by atoms with van der Waals surface area (Å²) in [5, 5.41) is 0.660. The summed E-state index contributed by atoms with van der Waals surface area (Å²) in [6, 6.07) is 11.1. The molecular formula is C13H8Br2Cl2O. The van der Waals surface area contributed by atoms with Crippen LogP contribution in [-0.2, 0) is 5.88 Å². The molecule has 18 heavy (non-hydrogen) atoms. The standard InChI is InChI=1S/C13H8Br2Cl2O/c14-11-6-10(3-1-8(11)7-16)18-13-4-2-9(17)5-12(13)15/h1-6H,7H2. The molecule has 1 nitrogen and oxygen atoms in total. The third-order valence-corrected chi connectivity index (χ3v) is 4.17.